The zero-order chi connectivity index (χ0) is 30.5. The molecule has 1 N–H and O–H groups in total. The third kappa shape index (κ3) is 10.3. The van der Waals surface area contributed by atoms with Gasteiger partial charge in [-0.15, -0.1) is 0 Å². The molecule has 2 aromatic carbocycles. The van der Waals surface area contributed by atoms with Crippen LogP contribution in [-0.4, -0.2) is 36.9 Å². The van der Waals surface area contributed by atoms with E-state index in [2.05, 4.69) is 68.6 Å². The van der Waals surface area contributed by atoms with Crippen molar-refractivity contribution in [3.05, 3.63) is 95.1 Å². The van der Waals surface area contributed by atoms with Crippen molar-refractivity contribution in [2.45, 2.75) is 96.8 Å². The van der Waals surface area contributed by atoms with Crippen molar-refractivity contribution >= 4 is 11.9 Å². The van der Waals surface area contributed by atoms with Gasteiger partial charge in [-0.25, -0.2) is 9.59 Å². The van der Waals surface area contributed by atoms with E-state index in [4.69, 9.17) is 14.6 Å². The number of carbonyl (C=O) groups excluding carboxylic acids is 2. The van der Waals surface area contributed by atoms with E-state index in [1.165, 1.54) is 73.6 Å². The number of benzene rings is 2. The van der Waals surface area contributed by atoms with E-state index in [1.54, 1.807) is 6.92 Å². The molecule has 0 spiro atoms. The second-order valence-electron chi connectivity index (χ2n) is 12.5. The standard InChI is InChI=1S/C37H50O5/c1-6-7-8-9-29-10-14-31(15-11-29)33-18-20-34(21-19-33)32-16-12-30(13-17-32)22-23-37(5,25-41-35(39)27(2)3)26-42-36(40)28(4)24-38/h10-17,33-34,38H,2,4,6-9,18-26H2,1,3,5H3. The fraction of sp³-hybridized carbons (Fsp3) is 0.514. The van der Waals surface area contributed by atoms with E-state index in [1.807, 2.05) is 6.92 Å². The van der Waals surface area contributed by atoms with Gasteiger partial charge in [0.1, 0.15) is 13.2 Å². The number of carbonyl (C=O) groups is 2. The average Bonchev–Trinajstić information content (AvgIpc) is 3.02. The first-order valence-corrected chi connectivity index (χ1v) is 15.6. The summed E-state index contributed by atoms with van der Waals surface area (Å²) >= 11 is 0. The molecule has 1 saturated carbocycles. The summed E-state index contributed by atoms with van der Waals surface area (Å²) in [5.74, 6) is 0.138. The lowest BCUT2D eigenvalue weighted by atomic mass is 9.76. The van der Waals surface area contributed by atoms with Crippen LogP contribution >= 0.6 is 0 Å². The maximum Gasteiger partial charge on any atom is 0.335 e. The van der Waals surface area contributed by atoms with Crippen LogP contribution in [0.15, 0.2) is 72.8 Å². The molecule has 1 atom stereocenters. The lowest BCUT2D eigenvalue weighted by Crippen LogP contribution is -2.32. The van der Waals surface area contributed by atoms with Crippen LogP contribution in [0, 0.1) is 5.41 Å². The fourth-order valence-corrected chi connectivity index (χ4v) is 5.65. The van der Waals surface area contributed by atoms with Crippen LogP contribution in [0.1, 0.15) is 106 Å². The highest BCUT2D eigenvalue weighted by Crippen LogP contribution is 2.40. The minimum Gasteiger partial charge on any atom is -0.462 e. The van der Waals surface area contributed by atoms with Crippen LogP contribution in [-0.2, 0) is 31.9 Å². The summed E-state index contributed by atoms with van der Waals surface area (Å²) in [5, 5.41) is 9.17. The molecule has 0 saturated heterocycles. The van der Waals surface area contributed by atoms with Crippen LogP contribution in [0.2, 0.25) is 0 Å². The topological polar surface area (TPSA) is 72.8 Å². The Kier molecular flexibility index (Phi) is 13.1. The lowest BCUT2D eigenvalue weighted by Gasteiger charge is -2.30. The maximum absolute atomic E-state index is 12.1. The Bertz CT molecular complexity index is 1170. The summed E-state index contributed by atoms with van der Waals surface area (Å²) in [5.41, 5.74) is 5.27. The number of unbranched alkanes of at least 4 members (excludes halogenated alkanes) is 2. The Morgan fingerprint density at radius 2 is 1.29 bits per heavy atom. The largest absolute Gasteiger partial charge is 0.462 e. The third-order valence-electron chi connectivity index (χ3n) is 8.65. The van der Waals surface area contributed by atoms with Gasteiger partial charge in [-0.05, 0) is 92.4 Å². The highest BCUT2D eigenvalue weighted by molar-refractivity contribution is 5.88. The minimum absolute atomic E-state index is 0.00314. The first kappa shape index (κ1) is 33.3. The number of aryl methyl sites for hydroxylation is 2. The van der Waals surface area contributed by atoms with Gasteiger partial charge in [0, 0.05) is 11.0 Å². The van der Waals surface area contributed by atoms with Gasteiger partial charge in [0.25, 0.3) is 0 Å². The monoisotopic (exact) mass is 574 g/mol. The molecule has 42 heavy (non-hydrogen) atoms. The second kappa shape index (κ2) is 16.5. The highest BCUT2D eigenvalue weighted by atomic mass is 16.5. The van der Waals surface area contributed by atoms with Crippen molar-refractivity contribution in [3.63, 3.8) is 0 Å². The normalized spacial score (nSPS) is 18.1. The summed E-state index contributed by atoms with van der Waals surface area (Å²) in [6.07, 6.45) is 11.3. The molecule has 0 aromatic heterocycles. The average molecular weight is 575 g/mol. The van der Waals surface area contributed by atoms with Crippen molar-refractivity contribution in [1.29, 1.82) is 0 Å². The van der Waals surface area contributed by atoms with E-state index in [0.717, 1.165) is 6.42 Å². The van der Waals surface area contributed by atoms with Crippen molar-refractivity contribution in [1.82, 2.24) is 0 Å². The molecule has 5 heteroatoms. The first-order chi connectivity index (χ1) is 20.1. The molecule has 5 nitrogen and oxygen atoms in total. The summed E-state index contributed by atoms with van der Waals surface area (Å²) in [4.78, 5) is 24.1. The molecule has 3 rings (SSSR count). The molecule has 0 bridgehead atoms. The number of esters is 2. The molecule has 1 unspecified atom stereocenters. The maximum atomic E-state index is 12.1. The molecule has 1 aliphatic carbocycles. The Morgan fingerprint density at radius 3 is 1.74 bits per heavy atom. The van der Waals surface area contributed by atoms with E-state index >= 15 is 0 Å². The van der Waals surface area contributed by atoms with Crippen LogP contribution < -0.4 is 0 Å². The molecular formula is C37H50O5. The van der Waals surface area contributed by atoms with Gasteiger partial charge in [-0.2, -0.15) is 0 Å². The fourth-order valence-electron chi connectivity index (χ4n) is 5.65. The van der Waals surface area contributed by atoms with Crippen molar-refractivity contribution in [2.24, 2.45) is 5.41 Å². The van der Waals surface area contributed by atoms with Crippen LogP contribution in [0.4, 0.5) is 0 Å². The Hall–Kier alpha value is -3.18. The summed E-state index contributed by atoms with van der Waals surface area (Å²) in [7, 11) is 0. The van der Waals surface area contributed by atoms with Gasteiger partial charge in [0.2, 0.25) is 0 Å². The van der Waals surface area contributed by atoms with E-state index in [-0.39, 0.29) is 18.8 Å². The number of aliphatic hydroxyl groups excluding tert-OH is 1. The molecule has 0 aliphatic heterocycles. The molecule has 0 radical (unpaired) electrons. The molecule has 0 heterocycles. The zero-order valence-corrected chi connectivity index (χ0v) is 26.0. The van der Waals surface area contributed by atoms with Gasteiger partial charge < -0.3 is 14.6 Å². The summed E-state index contributed by atoms with van der Waals surface area (Å²) < 4.78 is 10.8. The minimum atomic E-state index is -0.645. The number of aliphatic hydroxyl groups is 1. The third-order valence-corrected chi connectivity index (χ3v) is 8.65. The molecule has 1 fully saturated rings. The summed E-state index contributed by atoms with van der Waals surface area (Å²) in [6.45, 7) is 12.6. The quantitative estimate of drug-likeness (QED) is 0.125. The molecule has 228 valence electrons. The Labute approximate surface area is 253 Å². The second-order valence-corrected chi connectivity index (χ2v) is 12.5. The van der Waals surface area contributed by atoms with Crippen molar-refractivity contribution < 1.29 is 24.2 Å². The zero-order valence-electron chi connectivity index (χ0n) is 26.0. The number of hydrogen-bond donors (Lipinski definition) is 1. The van der Waals surface area contributed by atoms with Crippen LogP contribution in [0.3, 0.4) is 0 Å². The molecule has 2 aromatic rings. The smallest absolute Gasteiger partial charge is 0.335 e. The van der Waals surface area contributed by atoms with Crippen molar-refractivity contribution in [3.8, 4) is 0 Å². The van der Waals surface area contributed by atoms with Gasteiger partial charge in [0.05, 0.1) is 12.2 Å². The first-order valence-electron chi connectivity index (χ1n) is 15.6. The van der Waals surface area contributed by atoms with E-state index < -0.39 is 24.0 Å². The lowest BCUT2D eigenvalue weighted by molar-refractivity contribution is -0.149. The molecule has 1 aliphatic rings. The van der Waals surface area contributed by atoms with Gasteiger partial charge in [-0.1, -0.05) is 88.4 Å². The molecule has 0 amide bonds. The number of ether oxygens (including phenoxy) is 2. The number of rotatable bonds is 16. The van der Waals surface area contributed by atoms with Gasteiger partial charge in [-0.3, -0.25) is 0 Å². The Balaban J connectivity index is 1.53. The predicted octanol–water partition coefficient (Wildman–Crippen LogP) is 8.01. The van der Waals surface area contributed by atoms with Gasteiger partial charge >= 0.3 is 11.9 Å². The Morgan fingerprint density at radius 1 is 0.810 bits per heavy atom. The SMILES string of the molecule is C=C(C)C(=O)OCC(C)(CCc1ccc(C2CCC(c3ccc(CCCCC)cc3)CC2)cc1)COC(=O)C(=C)CO. The number of hydrogen-bond acceptors (Lipinski definition) is 5. The van der Waals surface area contributed by atoms with E-state index in [9.17, 15) is 9.59 Å². The van der Waals surface area contributed by atoms with Crippen molar-refractivity contribution in [2.75, 3.05) is 19.8 Å². The van der Waals surface area contributed by atoms with Gasteiger partial charge in [0.15, 0.2) is 0 Å². The predicted molar refractivity (Wildman–Crippen MR) is 169 cm³/mol. The highest BCUT2D eigenvalue weighted by Gasteiger charge is 2.29. The van der Waals surface area contributed by atoms with Crippen LogP contribution in [0.5, 0.6) is 0 Å². The molecular weight excluding hydrogens is 524 g/mol. The van der Waals surface area contributed by atoms with E-state index in [0.29, 0.717) is 23.8 Å². The van der Waals surface area contributed by atoms with Crippen LogP contribution in [0.25, 0.3) is 0 Å². The summed E-state index contributed by atoms with van der Waals surface area (Å²) in [6, 6.07) is 18.3.